The average Bonchev–Trinajstić information content (AvgIpc) is 2.67. The average molecular weight is 318 g/mol. The second kappa shape index (κ2) is 7.42. The maximum absolute atomic E-state index is 5.29. The van der Waals surface area contributed by atoms with Gasteiger partial charge in [-0.15, -0.1) is 0 Å². The third-order valence-corrected chi connectivity index (χ3v) is 3.55. The molecule has 0 aliphatic carbocycles. The van der Waals surface area contributed by atoms with Crippen molar-refractivity contribution in [3.8, 4) is 22.9 Å². The fraction of sp³-hybridized carbons (Fsp3) is 0.100. The minimum atomic E-state index is 0.762. The molecule has 0 radical (unpaired) electrons. The molecule has 0 saturated heterocycles. The number of hydrogen-bond acceptors (Lipinski definition) is 4. The summed E-state index contributed by atoms with van der Waals surface area (Å²) in [5, 5.41) is 0. The van der Waals surface area contributed by atoms with Crippen LogP contribution in [0.1, 0.15) is 11.1 Å². The Morgan fingerprint density at radius 1 is 0.708 bits per heavy atom. The zero-order valence-electron chi connectivity index (χ0n) is 13.6. The van der Waals surface area contributed by atoms with Gasteiger partial charge in [0.1, 0.15) is 11.5 Å². The van der Waals surface area contributed by atoms with Crippen molar-refractivity contribution in [3.05, 3.63) is 72.1 Å². The Balaban J connectivity index is 1.87. The summed E-state index contributed by atoms with van der Waals surface area (Å²) < 4.78 is 10.6. The first-order valence-electron chi connectivity index (χ1n) is 7.57. The van der Waals surface area contributed by atoms with Crippen molar-refractivity contribution < 1.29 is 9.47 Å². The van der Waals surface area contributed by atoms with Crippen LogP contribution < -0.4 is 9.47 Å². The first kappa shape index (κ1) is 15.7. The molecule has 0 N–H and O–H groups in total. The summed E-state index contributed by atoms with van der Waals surface area (Å²) in [5.41, 5.74) is 3.76. The van der Waals surface area contributed by atoms with Gasteiger partial charge >= 0.3 is 0 Å². The molecule has 4 nitrogen and oxygen atoms in total. The molecule has 0 spiro atoms. The number of nitrogens with zero attached hydrogens (tertiary/aromatic N) is 2. The minimum absolute atomic E-state index is 0.762. The van der Waals surface area contributed by atoms with Gasteiger partial charge in [-0.25, -0.2) is 0 Å². The van der Waals surface area contributed by atoms with Gasteiger partial charge in [0.15, 0.2) is 0 Å². The Kier molecular flexibility index (Phi) is 4.87. The molecule has 0 atom stereocenters. The van der Waals surface area contributed by atoms with E-state index in [9.17, 15) is 0 Å². The van der Waals surface area contributed by atoms with Crippen LogP contribution in [0.2, 0.25) is 0 Å². The van der Waals surface area contributed by atoms with Crippen molar-refractivity contribution in [1.29, 1.82) is 0 Å². The van der Waals surface area contributed by atoms with Gasteiger partial charge in [0.05, 0.1) is 25.6 Å². The standard InChI is InChI=1S/C20H18N2O2/c1-23-17-11-16(12-18(14-17)24-2)7-6-15-8-10-22-20(13-15)19-5-3-4-9-21-19/h3-14H,1-2H3/b7-6-. The van der Waals surface area contributed by atoms with Crippen LogP contribution in [-0.2, 0) is 0 Å². The maximum atomic E-state index is 5.29. The highest BCUT2D eigenvalue weighted by molar-refractivity contribution is 5.72. The number of ether oxygens (including phenoxy) is 2. The summed E-state index contributed by atoms with van der Waals surface area (Å²) in [5.74, 6) is 1.52. The zero-order valence-corrected chi connectivity index (χ0v) is 13.6. The number of hydrogen-bond donors (Lipinski definition) is 0. The number of benzene rings is 1. The molecule has 0 saturated carbocycles. The molecule has 0 aliphatic heterocycles. The summed E-state index contributed by atoms with van der Waals surface area (Å²) in [6.45, 7) is 0. The molecule has 3 aromatic rings. The molecule has 0 bridgehead atoms. The summed E-state index contributed by atoms with van der Waals surface area (Å²) in [6, 6.07) is 15.5. The Bertz CT molecular complexity index is 823. The SMILES string of the molecule is COc1cc(/C=C\c2ccnc(-c3ccccn3)c2)cc(OC)c1. The van der Waals surface area contributed by atoms with Gasteiger partial charge < -0.3 is 9.47 Å². The predicted octanol–water partition coefficient (Wildman–Crippen LogP) is 4.33. The monoisotopic (exact) mass is 318 g/mol. The van der Waals surface area contributed by atoms with Crippen molar-refractivity contribution in [2.24, 2.45) is 0 Å². The van der Waals surface area contributed by atoms with E-state index in [0.717, 1.165) is 34.0 Å². The van der Waals surface area contributed by atoms with E-state index in [1.54, 1.807) is 26.6 Å². The molecule has 0 amide bonds. The highest BCUT2D eigenvalue weighted by Crippen LogP contribution is 2.24. The molecule has 24 heavy (non-hydrogen) atoms. The van der Waals surface area contributed by atoms with E-state index in [0.29, 0.717) is 0 Å². The van der Waals surface area contributed by atoms with E-state index in [1.807, 2.05) is 60.7 Å². The molecule has 4 heteroatoms. The van der Waals surface area contributed by atoms with Crippen LogP contribution in [0.25, 0.3) is 23.5 Å². The largest absolute Gasteiger partial charge is 0.497 e. The topological polar surface area (TPSA) is 44.2 Å². The number of rotatable bonds is 5. The van der Waals surface area contributed by atoms with Gasteiger partial charge in [-0.2, -0.15) is 0 Å². The van der Waals surface area contributed by atoms with Crippen molar-refractivity contribution in [1.82, 2.24) is 9.97 Å². The fourth-order valence-electron chi connectivity index (χ4n) is 2.32. The van der Waals surface area contributed by atoms with Gasteiger partial charge in [0, 0.05) is 18.5 Å². The Hall–Kier alpha value is -3.14. The van der Waals surface area contributed by atoms with Gasteiger partial charge in [-0.1, -0.05) is 18.2 Å². The van der Waals surface area contributed by atoms with Crippen LogP contribution in [0.15, 0.2) is 60.9 Å². The smallest absolute Gasteiger partial charge is 0.123 e. The molecule has 0 aliphatic rings. The first-order chi connectivity index (χ1) is 11.8. The van der Waals surface area contributed by atoms with E-state index in [-0.39, 0.29) is 0 Å². The summed E-state index contributed by atoms with van der Waals surface area (Å²) >= 11 is 0. The van der Waals surface area contributed by atoms with Crippen molar-refractivity contribution in [2.75, 3.05) is 14.2 Å². The minimum Gasteiger partial charge on any atom is -0.497 e. The van der Waals surface area contributed by atoms with Crippen LogP contribution in [0.3, 0.4) is 0 Å². The first-order valence-corrected chi connectivity index (χ1v) is 7.57. The maximum Gasteiger partial charge on any atom is 0.123 e. The highest BCUT2D eigenvalue weighted by atomic mass is 16.5. The van der Waals surface area contributed by atoms with Crippen LogP contribution in [0.5, 0.6) is 11.5 Å². The lowest BCUT2D eigenvalue weighted by atomic mass is 10.1. The lowest BCUT2D eigenvalue weighted by molar-refractivity contribution is 0.394. The van der Waals surface area contributed by atoms with Gasteiger partial charge in [-0.3, -0.25) is 9.97 Å². The van der Waals surface area contributed by atoms with E-state index < -0.39 is 0 Å². The molecule has 0 fully saturated rings. The van der Waals surface area contributed by atoms with Crippen molar-refractivity contribution in [3.63, 3.8) is 0 Å². The predicted molar refractivity (Wildman–Crippen MR) is 95.9 cm³/mol. The zero-order chi connectivity index (χ0) is 16.8. The van der Waals surface area contributed by atoms with Gasteiger partial charge in [0.2, 0.25) is 0 Å². The third-order valence-electron chi connectivity index (χ3n) is 3.55. The quantitative estimate of drug-likeness (QED) is 0.702. The van der Waals surface area contributed by atoms with Crippen LogP contribution in [-0.4, -0.2) is 24.2 Å². The third kappa shape index (κ3) is 3.79. The van der Waals surface area contributed by atoms with E-state index in [2.05, 4.69) is 9.97 Å². The van der Waals surface area contributed by atoms with E-state index in [4.69, 9.17) is 9.47 Å². The Labute approximate surface area is 141 Å². The Morgan fingerprint density at radius 2 is 1.42 bits per heavy atom. The molecule has 0 unspecified atom stereocenters. The molecule has 3 rings (SSSR count). The van der Waals surface area contributed by atoms with E-state index >= 15 is 0 Å². The second-order valence-electron chi connectivity index (χ2n) is 5.17. The number of pyridine rings is 2. The normalized spacial score (nSPS) is 10.8. The second-order valence-corrected chi connectivity index (χ2v) is 5.17. The van der Waals surface area contributed by atoms with Crippen molar-refractivity contribution >= 4 is 12.2 Å². The van der Waals surface area contributed by atoms with Gasteiger partial charge in [0.25, 0.3) is 0 Å². The lowest BCUT2D eigenvalue weighted by Gasteiger charge is -2.06. The lowest BCUT2D eigenvalue weighted by Crippen LogP contribution is -1.88. The summed E-state index contributed by atoms with van der Waals surface area (Å²) in [6.07, 6.45) is 7.60. The van der Waals surface area contributed by atoms with Crippen LogP contribution in [0.4, 0.5) is 0 Å². The number of aromatic nitrogens is 2. The molecule has 120 valence electrons. The van der Waals surface area contributed by atoms with Crippen LogP contribution in [0, 0.1) is 0 Å². The Morgan fingerprint density at radius 3 is 2.08 bits per heavy atom. The molecule has 2 aromatic heterocycles. The van der Waals surface area contributed by atoms with Crippen molar-refractivity contribution in [2.45, 2.75) is 0 Å². The molecule has 2 heterocycles. The number of methoxy groups -OCH3 is 2. The fourth-order valence-corrected chi connectivity index (χ4v) is 2.32. The van der Waals surface area contributed by atoms with Crippen LogP contribution >= 0.6 is 0 Å². The summed E-state index contributed by atoms with van der Waals surface area (Å²) in [7, 11) is 3.29. The molecular weight excluding hydrogens is 300 g/mol. The summed E-state index contributed by atoms with van der Waals surface area (Å²) in [4.78, 5) is 8.72. The highest BCUT2D eigenvalue weighted by Gasteiger charge is 2.01. The van der Waals surface area contributed by atoms with E-state index in [1.165, 1.54) is 0 Å². The molecule has 1 aromatic carbocycles. The van der Waals surface area contributed by atoms with Gasteiger partial charge in [-0.05, 0) is 47.5 Å². The molecular formula is C20H18N2O2.